The maximum atomic E-state index is 11.9. The lowest BCUT2D eigenvalue weighted by molar-refractivity contribution is -0.137. The molecule has 0 atom stereocenters. The molecule has 116 valence electrons. The van der Waals surface area contributed by atoms with Gasteiger partial charge in [0.25, 0.3) is 5.91 Å². The monoisotopic (exact) mass is 303 g/mol. The van der Waals surface area contributed by atoms with Crippen molar-refractivity contribution in [1.29, 1.82) is 0 Å². The molecule has 22 heavy (non-hydrogen) atoms. The summed E-state index contributed by atoms with van der Waals surface area (Å²) in [5.41, 5.74) is 1.47. The number of nitrogens with zero attached hydrogens (tertiary/aromatic N) is 4. The van der Waals surface area contributed by atoms with Crippen LogP contribution in [0.5, 0.6) is 0 Å². The summed E-state index contributed by atoms with van der Waals surface area (Å²) in [6.07, 6.45) is 7.13. The lowest BCUT2D eigenvalue weighted by Gasteiger charge is -2.04. The van der Waals surface area contributed by atoms with Gasteiger partial charge in [0.1, 0.15) is 6.54 Å². The van der Waals surface area contributed by atoms with Crippen LogP contribution in [0, 0.1) is 0 Å². The van der Waals surface area contributed by atoms with E-state index < -0.39 is 5.97 Å². The molecule has 2 heterocycles. The average molecular weight is 303 g/mol. The summed E-state index contributed by atoms with van der Waals surface area (Å²) in [4.78, 5) is 22.5. The fourth-order valence-electron chi connectivity index (χ4n) is 2.19. The molecule has 0 unspecified atom stereocenters. The van der Waals surface area contributed by atoms with E-state index in [-0.39, 0.29) is 12.5 Å². The number of rotatable bonds is 7. The third-order valence-corrected chi connectivity index (χ3v) is 3.48. The van der Waals surface area contributed by atoms with E-state index in [2.05, 4.69) is 15.5 Å². The Kier molecular flexibility index (Phi) is 3.90. The molecule has 0 aliphatic heterocycles. The van der Waals surface area contributed by atoms with Crippen molar-refractivity contribution in [1.82, 2.24) is 24.9 Å². The van der Waals surface area contributed by atoms with Gasteiger partial charge in [0.05, 0.1) is 24.0 Å². The number of carboxylic acids is 1. The molecule has 2 N–H and O–H groups in total. The quantitative estimate of drug-likeness (QED) is 0.774. The number of carbonyl (C=O) groups excluding carboxylic acids is 1. The predicted octanol–water partition coefficient (Wildman–Crippen LogP) is 0.472. The average Bonchev–Trinajstić information content (AvgIpc) is 3.03. The largest absolute Gasteiger partial charge is 0.480 e. The first-order valence-corrected chi connectivity index (χ1v) is 7.17. The van der Waals surface area contributed by atoms with Crippen LogP contribution >= 0.6 is 0 Å². The van der Waals surface area contributed by atoms with Crippen molar-refractivity contribution >= 4 is 11.9 Å². The van der Waals surface area contributed by atoms with Crippen LogP contribution in [0.15, 0.2) is 24.7 Å². The first-order valence-electron chi connectivity index (χ1n) is 7.17. The number of nitrogens with one attached hydrogen (secondary N) is 1. The van der Waals surface area contributed by atoms with E-state index in [1.165, 1.54) is 29.9 Å². The van der Waals surface area contributed by atoms with Gasteiger partial charge in [0, 0.05) is 24.9 Å². The summed E-state index contributed by atoms with van der Waals surface area (Å²) < 4.78 is 3.04. The van der Waals surface area contributed by atoms with Crippen LogP contribution in [0.3, 0.4) is 0 Å². The highest BCUT2D eigenvalue weighted by atomic mass is 16.4. The van der Waals surface area contributed by atoms with Gasteiger partial charge in [0.15, 0.2) is 0 Å². The fourth-order valence-corrected chi connectivity index (χ4v) is 2.19. The summed E-state index contributed by atoms with van der Waals surface area (Å²) in [5.74, 6) is -0.651. The highest BCUT2D eigenvalue weighted by Gasteiger charge is 2.25. The molecule has 0 bridgehead atoms. The van der Waals surface area contributed by atoms with E-state index in [1.54, 1.807) is 0 Å². The molecule has 2 aromatic heterocycles. The minimum absolute atomic E-state index is 0.259. The van der Waals surface area contributed by atoms with Gasteiger partial charge < -0.3 is 10.4 Å². The number of amides is 1. The minimum Gasteiger partial charge on any atom is -0.480 e. The molecule has 8 nitrogen and oxygen atoms in total. The van der Waals surface area contributed by atoms with Crippen molar-refractivity contribution in [2.45, 2.75) is 31.8 Å². The van der Waals surface area contributed by atoms with Gasteiger partial charge in [-0.05, 0) is 18.9 Å². The molecular weight excluding hydrogens is 286 g/mol. The zero-order valence-corrected chi connectivity index (χ0v) is 12.0. The van der Waals surface area contributed by atoms with Crippen LogP contribution in [0.25, 0.3) is 0 Å². The van der Waals surface area contributed by atoms with Crippen LogP contribution in [-0.4, -0.2) is 43.1 Å². The van der Waals surface area contributed by atoms with E-state index in [1.807, 2.05) is 16.9 Å². The third kappa shape index (κ3) is 3.51. The summed E-state index contributed by atoms with van der Waals surface area (Å²) in [6, 6.07) is 2.02. The van der Waals surface area contributed by atoms with Gasteiger partial charge >= 0.3 is 5.97 Å². The van der Waals surface area contributed by atoms with E-state index in [0.717, 1.165) is 5.69 Å². The lowest BCUT2D eigenvalue weighted by Crippen LogP contribution is -2.27. The van der Waals surface area contributed by atoms with Gasteiger partial charge in [-0.15, -0.1) is 0 Å². The lowest BCUT2D eigenvalue weighted by atomic mass is 10.3. The fraction of sp³-hybridized carbons (Fsp3) is 0.429. The van der Waals surface area contributed by atoms with Crippen molar-refractivity contribution in [2.24, 2.45) is 0 Å². The number of carbonyl (C=O) groups is 2. The molecule has 2 aromatic rings. The molecule has 1 aliphatic carbocycles. The highest BCUT2D eigenvalue weighted by Crippen LogP contribution is 2.38. The van der Waals surface area contributed by atoms with Crippen LogP contribution in [-0.2, 0) is 17.9 Å². The number of aliphatic carboxylic acids is 1. The second-order valence-corrected chi connectivity index (χ2v) is 5.35. The molecular formula is C14H17N5O3. The van der Waals surface area contributed by atoms with Gasteiger partial charge in [0.2, 0.25) is 0 Å². The van der Waals surface area contributed by atoms with Crippen LogP contribution in [0.1, 0.15) is 34.8 Å². The second-order valence-electron chi connectivity index (χ2n) is 5.35. The zero-order chi connectivity index (χ0) is 15.5. The molecule has 0 spiro atoms. The molecule has 0 aromatic carbocycles. The van der Waals surface area contributed by atoms with Crippen LogP contribution in [0.2, 0.25) is 0 Å². The van der Waals surface area contributed by atoms with E-state index in [4.69, 9.17) is 5.11 Å². The smallest absolute Gasteiger partial charge is 0.325 e. The number of carboxylic acid groups (broad SMARTS) is 1. The molecule has 0 saturated heterocycles. The van der Waals surface area contributed by atoms with E-state index in [0.29, 0.717) is 24.6 Å². The first kappa shape index (κ1) is 14.3. The van der Waals surface area contributed by atoms with E-state index in [9.17, 15) is 9.59 Å². The highest BCUT2D eigenvalue weighted by molar-refractivity contribution is 5.93. The van der Waals surface area contributed by atoms with Gasteiger partial charge in [-0.25, -0.2) is 0 Å². The Hall–Kier alpha value is -2.64. The van der Waals surface area contributed by atoms with Crippen molar-refractivity contribution in [3.63, 3.8) is 0 Å². The standard InChI is InChI=1S/C14H17N5O3/c20-13(21)9-19-8-11(7-16-19)14(22)15-4-6-18-5-3-12(17-18)10-1-2-10/h3,5,7-8,10H,1-2,4,6,9H2,(H,15,22)(H,20,21). The minimum atomic E-state index is -1.000. The summed E-state index contributed by atoms with van der Waals surface area (Å²) in [5, 5.41) is 19.7. The predicted molar refractivity (Wildman–Crippen MR) is 76.4 cm³/mol. The normalized spacial score (nSPS) is 14.0. The summed E-state index contributed by atoms with van der Waals surface area (Å²) in [7, 11) is 0. The summed E-state index contributed by atoms with van der Waals surface area (Å²) in [6.45, 7) is 0.793. The first-order chi connectivity index (χ1) is 10.6. The van der Waals surface area contributed by atoms with Gasteiger partial charge in [-0.2, -0.15) is 10.2 Å². The zero-order valence-electron chi connectivity index (χ0n) is 12.0. The number of aromatic nitrogens is 4. The Morgan fingerprint density at radius 2 is 2.18 bits per heavy atom. The van der Waals surface area contributed by atoms with Gasteiger partial charge in [-0.1, -0.05) is 0 Å². The molecule has 1 aliphatic rings. The topological polar surface area (TPSA) is 102 Å². The Bertz CT molecular complexity index is 686. The SMILES string of the molecule is O=C(O)Cn1cc(C(=O)NCCn2ccc(C3CC3)n2)cn1. The summed E-state index contributed by atoms with van der Waals surface area (Å²) >= 11 is 0. The Labute approximate surface area is 126 Å². The van der Waals surface area contributed by atoms with Crippen molar-refractivity contribution in [3.05, 3.63) is 35.9 Å². The van der Waals surface area contributed by atoms with Crippen molar-refractivity contribution < 1.29 is 14.7 Å². The van der Waals surface area contributed by atoms with Crippen molar-refractivity contribution in [2.75, 3.05) is 6.54 Å². The van der Waals surface area contributed by atoms with Crippen molar-refractivity contribution in [3.8, 4) is 0 Å². The third-order valence-electron chi connectivity index (χ3n) is 3.48. The maximum absolute atomic E-state index is 11.9. The molecule has 8 heteroatoms. The number of hydrogen-bond donors (Lipinski definition) is 2. The Balaban J connectivity index is 1.46. The molecule has 1 fully saturated rings. The molecule has 1 saturated carbocycles. The van der Waals surface area contributed by atoms with Crippen LogP contribution < -0.4 is 5.32 Å². The second kappa shape index (κ2) is 6.00. The Morgan fingerprint density at radius 1 is 1.36 bits per heavy atom. The van der Waals surface area contributed by atoms with E-state index >= 15 is 0 Å². The van der Waals surface area contributed by atoms with Gasteiger partial charge in [-0.3, -0.25) is 19.0 Å². The maximum Gasteiger partial charge on any atom is 0.325 e. The van der Waals surface area contributed by atoms with Crippen LogP contribution in [0.4, 0.5) is 0 Å². The number of hydrogen-bond acceptors (Lipinski definition) is 4. The Morgan fingerprint density at radius 3 is 2.91 bits per heavy atom. The molecule has 3 rings (SSSR count). The molecule has 1 amide bonds. The molecule has 0 radical (unpaired) electrons.